The molecule has 1 amide bonds. The van der Waals surface area contributed by atoms with E-state index in [4.69, 9.17) is 4.52 Å². The highest BCUT2D eigenvalue weighted by Crippen LogP contribution is 2.20. The molecule has 1 aliphatic heterocycles. The molecule has 1 fully saturated rings. The van der Waals surface area contributed by atoms with Crippen molar-refractivity contribution < 1.29 is 9.32 Å². The molecule has 158 valence electrons. The monoisotopic (exact) mass is 417 g/mol. The largest absolute Gasteiger partial charge is 0.338 e. The predicted molar refractivity (Wildman–Crippen MR) is 113 cm³/mol. The van der Waals surface area contributed by atoms with Crippen molar-refractivity contribution in [2.75, 3.05) is 26.2 Å². The summed E-state index contributed by atoms with van der Waals surface area (Å²) in [6.45, 7) is 7.28. The lowest BCUT2D eigenvalue weighted by Crippen LogP contribution is -2.48. The molecule has 5 rings (SSSR count). The molecule has 9 nitrogen and oxygen atoms in total. The van der Waals surface area contributed by atoms with E-state index >= 15 is 0 Å². The predicted octanol–water partition coefficient (Wildman–Crippen LogP) is 2.35. The molecule has 1 aliphatic rings. The van der Waals surface area contributed by atoms with E-state index < -0.39 is 0 Å². The molecular formula is C22H23N7O2. The third-order valence-electron chi connectivity index (χ3n) is 5.69. The van der Waals surface area contributed by atoms with Gasteiger partial charge in [-0.15, -0.1) is 10.2 Å². The minimum absolute atomic E-state index is 0.0225. The van der Waals surface area contributed by atoms with Crippen LogP contribution in [0.3, 0.4) is 0 Å². The van der Waals surface area contributed by atoms with Crippen LogP contribution in [0.2, 0.25) is 0 Å². The number of rotatable bonds is 4. The van der Waals surface area contributed by atoms with Gasteiger partial charge in [0.25, 0.3) is 5.91 Å². The molecule has 0 aliphatic carbocycles. The highest BCUT2D eigenvalue weighted by Gasteiger charge is 2.24. The lowest BCUT2D eigenvalue weighted by atomic mass is 10.1. The van der Waals surface area contributed by atoms with Crippen LogP contribution < -0.4 is 0 Å². The zero-order valence-corrected chi connectivity index (χ0v) is 17.5. The number of hydrogen-bond donors (Lipinski definition) is 0. The van der Waals surface area contributed by atoms with Gasteiger partial charge in [-0.05, 0) is 31.5 Å². The van der Waals surface area contributed by atoms with E-state index in [2.05, 4.69) is 25.2 Å². The van der Waals surface area contributed by atoms with Gasteiger partial charge in [-0.3, -0.25) is 14.1 Å². The first-order valence-electron chi connectivity index (χ1n) is 10.3. The maximum absolute atomic E-state index is 12.9. The number of carbonyl (C=O) groups excluding carboxylic acids is 1. The molecule has 0 radical (unpaired) electrons. The number of aryl methyl sites for hydroxylation is 2. The molecule has 0 atom stereocenters. The number of fused-ring (bicyclic) bond motifs is 1. The highest BCUT2D eigenvalue weighted by atomic mass is 16.5. The fourth-order valence-corrected chi connectivity index (χ4v) is 3.87. The van der Waals surface area contributed by atoms with Gasteiger partial charge in [-0.25, -0.2) is 0 Å². The molecule has 0 bridgehead atoms. The van der Waals surface area contributed by atoms with Crippen LogP contribution in [0, 0.1) is 13.8 Å². The summed E-state index contributed by atoms with van der Waals surface area (Å²) in [5.74, 6) is 1.99. The summed E-state index contributed by atoms with van der Waals surface area (Å²) in [7, 11) is 0. The van der Waals surface area contributed by atoms with Crippen LogP contribution in [-0.4, -0.2) is 66.6 Å². The zero-order chi connectivity index (χ0) is 21.4. The Bertz CT molecular complexity index is 1240. The molecule has 0 saturated carbocycles. The third-order valence-corrected chi connectivity index (χ3v) is 5.69. The fraction of sp³-hybridized carbons (Fsp3) is 0.318. The standard InChI is InChI=1S/C22H23N7O2/c1-15-5-3-4-6-18(15)21-23-20(31-26-21)14-27-9-11-28(12-10-27)22(30)17-7-8-19-25-24-16(2)29(19)13-17/h3-8,13H,9-12,14H2,1-2H3. The Morgan fingerprint density at radius 3 is 2.65 bits per heavy atom. The summed E-state index contributed by atoms with van der Waals surface area (Å²) in [5.41, 5.74) is 3.47. The van der Waals surface area contributed by atoms with Crippen LogP contribution in [0.15, 0.2) is 47.1 Å². The van der Waals surface area contributed by atoms with E-state index in [1.807, 2.05) is 65.7 Å². The van der Waals surface area contributed by atoms with E-state index in [0.29, 0.717) is 36.9 Å². The number of hydrogen-bond acceptors (Lipinski definition) is 7. The van der Waals surface area contributed by atoms with Crippen LogP contribution in [0.25, 0.3) is 17.0 Å². The first kappa shape index (κ1) is 19.4. The van der Waals surface area contributed by atoms with E-state index in [-0.39, 0.29) is 5.91 Å². The van der Waals surface area contributed by atoms with Crippen molar-refractivity contribution in [2.45, 2.75) is 20.4 Å². The average molecular weight is 417 g/mol. The molecule has 0 unspecified atom stereocenters. The Hall–Kier alpha value is -3.59. The summed E-state index contributed by atoms with van der Waals surface area (Å²) < 4.78 is 7.31. The van der Waals surface area contributed by atoms with Crippen molar-refractivity contribution in [3.63, 3.8) is 0 Å². The molecule has 1 saturated heterocycles. The minimum Gasteiger partial charge on any atom is -0.338 e. The van der Waals surface area contributed by atoms with Gasteiger partial charge >= 0.3 is 0 Å². The van der Waals surface area contributed by atoms with Gasteiger partial charge in [0.1, 0.15) is 5.82 Å². The van der Waals surface area contributed by atoms with Crippen molar-refractivity contribution in [2.24, 2.45) is 0 Å². The van der Waals surface area contributed by atoms with E-state index in [1.54, 1.807) is 0 Å². The first-order chi connectivity index (χ1) is 15.1. The van der Waals surface area contributed by atoms with Gasteiger partial charge in [0, 0.05) is 37.9 Å². The topological polar surface area (TPSA) is 92.7 Å². The number of benzene rings is 1. The molecule has 0 spiro atoms. The normalized spacial score (nSPS) is 15.0. The van der Waals surface area contributed by atoms with Gasteiger partial charge in [0.2, 0.25) is 11.7 Å². The maximum atomic E-state index is 12.9. The van der Waals surface area contributed by atoms with Crippen molar-refractivity contribution in [1.29, 1.82) is 0 Å². The molecule has 0 N–H and O–H groups in total. The number of nitrogens with zero attached hydrogens (tertiary/aromatic N) is 7. The van der Waals surface area contributed by atoms with Gasteiger partial charge in [-0.1, -0.05) is 29.4 Å². The second-order valence-corrected chi connectivity index (χ2v) is 7.79. The fourth-order valence-electron chi connectivity index (χ4n) is 3.87. The molecule has 3 aromatic heterocycles. The van der Waals surface area contributed by atoms with Gasteiger partial charge in [0.05, 0.1) is 12.1 Å². The van der Waals surface area contributed by atoms with Crippen molar-refractivity contribution in [3.8, 4) is 11.4 Å². The highest BCUT2D eigenvalue weighted by molar-refractivity contribution is 5.94. The van der Waals surface area contributed by atoms with E-state index in [9.17, 15) is 4.79 Å². The number of piperazine rings is 1. The molecule has 1 aromatic carbocycles. The summed E-state index contributed by atoms with van der Waals surface area (Å²) >= 11 is 0. The van der Waals surface area contributed by atoms with Gasteiger partial charge in [0.15, 0.2) is 5.65 Å². The minimum atomic E-state index is 0.0225. The number of carbonyl (C=O) groups is 1. The Morgan fingerprint density at radius 1 is 1.03 bits per heavy atom. The quantitative estimate of drug-likeness (QED) is 0.503. The lowest BCUT2D eigenvalue weighted by Gasteiger charge is -2.34. The second kappa shape index (κ2) is 7.92. The van der Waals surface area contributed by atoms with Crippen LogP contribution in [0.1, 0.15) is 27.6 Å². The number of amides is 1. The Morgan fingerprint density at radius 2 is 1.84 bits per heavy atom. The summed E-state index contributed by atoms with van der Waals surface area (Å²) in [6, 6.07) is 11.6. The maximum Gasteiger partial charge on any atom is 0.255 e. The first-order valence-corrected chi connectivity index (χ1v) is 10.3. The molecule has 4 heterocycles. The number of aromatic nitrogens is 5. The van der Waals surface area contributed by atoms with E-state index in [0.717, 1.165) is 35.7 Å². The van der Waals surface area contributed by atoms with E-state index in [1.165, 1.54) is 0 Å². The zero-order valence-electron chi connectivity index (χ0n) is 17.5. The van der Waals surface area contributed by atoms with Gasteiger partial charge < -0.3 is 9.42 Å². The SMILES string of the molecule is Cc1ccccc1-c1noc(CN2CCN(C(=O)c3ccc4nnc(C)n4c3)CC2)n1. The lowest BCUT2D eigenvalue weighted by molar-refractivity contribution is 0.0614. The van der Waals surface area contributed by atoms with Crippen molar-refractivity contribution in [1.82, 2.24) is 34.5 Å². The summed E-state index contributed by atoms with van der Waals surface area (Å²) in [6.07, 6.45) is 1.81. The smallest absolute Gasteiger partial charge is 0.255 e. The van der Waals surface area contributed by atoms with Crippen molar-refractivity contribution >= 4 is 11.6 Å². The summed E-state index contributed by atoms with van der Waals surface area (Å²) in [4.78, 5) is 21.6. The Balaban J connectivity index is 1.21. The molecule has 9 heteroatoms. The van der Waals surface area contributed by atoms with Crippen LogP contribution in [-0.2, 0) is 6.54 Å². The Labute approximate surface area is 179 Å². The van der Waals surface area contributed by atoms with Crippen LogP contribution in [0.4, 0.5) is 0 Å². The van der Waals surface area contributed by atoms with Gasteiger partial charge in [-0.2, -0.15) is 4.98 Å². The molecule has 31 heavy (non-hydrogen) atoms. The molecular weight excluding hydrogens is 394 g/mol. The summed E-state index contributed by atoms with van der Waals surface area (Å²) in [5, 5.41) is 12.2. The molecule has 4 aromatic rings. The average Bonchev–Trinajstić information content (AvgIpc) is 3.40. The van der Waals surface area contributed by atoms with Crippen LogP contribution in [0.5, 0.6) is 0 Å². The van der Waals surface area contributed by atoms with Crippen LogP contribution >= 0.6 is 0 Å². The third kappa shape index (κ3) is 3.79. The van der Waals surface area contributed by atoms with Crippen molar-refractivity contribution in [3.05, 3.63) is 65.4 Å². The number of pyridine rings is 1. The second-order valence-electron chi connectivity index (χ2n) is 7.79. The Kier molecular flexibility index (Phi) is 4.95.